The minimum absolute atomic E-state index is 0.178. The number of benzene rings is 2. The van der Waals surface area contributed by atoms with Gasteiger partial charge in [-0.25, -0.2) is 0 Å². The molecule has 0 amide bonds. The maximum atomic E-state index is 13.2. The maximum Gasteiger partial charge on any atom is 0.316 e. The Hall–Kier alpha value is -3.58. The van der Waals surface area contributed by atoms with Crippen LogP contribution in [0.2, 0.25) is 0 Å². The molecule has 0 unspecified atom stereocenters. The molecule has 2 aromatic carbocycles. The molecule has 6 nitrogen and oxygen atoms in total. The van der Waals surface area contributed by atoms with E-state index in [9.17, 15) is 9.59 Å². The first kappa shape index (κ1) is 20.7. The van der Waals surface area contributed by atoms with Crippen molar-refractivity contribution in [1.82, 2.24) is 0 Å². The number of thiophene rings is 1. The first-order chi connectivity index (χ1) is 15.0. The van der Waals surface area contributed by atoms with Crippen molar-refractivity contribution in [2.75, 3.05) is 14.2 Å². The molecule has 0 aliphatic heterocycles. The summed E-state index contributed by atoms with van der Waals surface area (Å²) in [6.45, 7) is 1.72. The molecule has 31 heavy (non-hydrogen) atoms. The lowest BCUT2D eigenvalue weighted by Crippen LogP contribution is -2.11. The van der Waals surface area contributed by atoms with Crippen molar-refractivity contribution < 1.29 is 23.4 Å². The number of hydrogen-bond acceptors (Lipinski definition) is 7. The third-order valence-electron chi connectivity index (χ3n) is 4.84. The van der Waals surface area contributed by atoms with Gasteiger partial charge in [0.05, 0.1) is 31.6 Å². The molecule has 0 bridgehead atoms. The molecular weight excluding hydrogens is 416 g/mol. The zero-order chi connectivity index (χ0) is 22.0. The topological polar surface area (TPSA) is 75.0 Å². The highest BCUT2D eigenvalue weighted by Gasteiger charge is 2.17. The van der Waals surface area contributed by atoms with Gasteiger partial charge < -0.3 is 18.6 Å². The predicted molar refractivity (Wildman–Crippen MR) is 119 cm³/mol. The number of ether oxygens (including phenoxy) is 3. The SMILES string of the molecule is COc1ccc(-c2c(C)oc3cc(OC(=O)Cc4cccs4)ccc3c2=O)cc1OC. The highest BCUT2D eigenvalue weighted by atomic mass is 32.1. The molecule has 0 atom stereocenters. The lowest BCUT2D eigenvalue weighted by atomic mass is 10.0. The zero-order valence-corrected chi connectivity index (χ0v) is 18.1. The molecule has 4 rings (SSSR count). The van der Waals surface area contributed by atoms with Crippen LogP contribution in [0.1, 0.15) is 10.6 Å². The number of methoxy groups -OCH3 is 2. The first-order valence-corrected chi connectivity index (χ1v) is 10.4. The lowest BCUT2D eigenvalue weighted by molar-refractivity contribution is -0.133. The Morgan fingerprint density at radius 2 is 1.84 bits per heavy atom. The quantitative estimate of drug-likeness (QED) is 0.313. The third kappa shape index (κ3) is 4.18. The maximum absolute atomic E-state index is 13.2. The van der Waals surface area contributed by atoms with Gasteiger partial charge in [0.25, 0.3) is 0 Å². The summed E-state index contributed by atoms with van der Waals surface area (Å²) in [6, 6.07) is 13.8. The van der Waals surface area contributed by atoms with Crippen molar-refractivity contribution in [3.8, 4) is 28.4 Å². The van der Waals surface area contributed by atoms with E-state index in [0.29, 0.717) is 45.1 Å². The van der Waals surface area contributed by atoms with Crippen LogP contribution in [-0.4, -0.2) is 20.2 Å². The second kappa shape index (κ2) is 8.65. The Kier molecular flexibility index (Phi) is 5.77. The fraction of sp³-hybridized carbons (Fsp3) is 0.167. The van der Waals surface area contributed by atoms with Gasteiger partial charge in [0.15, 0.2) is 11.5 Å². The number of carbonyl (C=O) groups is 1. The van der Waals surface area contributed by atoms with Crippen molar-refractivity contribution >= 4 is 28.3 Å². The van der Waals surface area contributed by atoms with Crippen molar-refractivity contribution in [3.63, 3.8) is 0 Å². The van der Waals surface area contributed by atoms with Crippen molar-refractivity contribution in [2.24, 2.45) is 0 Å². The molecule has 158 valence electrons. The molecule has 2 heterocycles. The van der Waals surface area contributed by atoms with E-state index in [4.69, 9.17) is 18.6 Å². The summed E-state index contributed by atoms with van der Waals surface area (Å²) < 4.78 is 22.0. The van der Waals surface area contributed by atoms with Gasteiger partial charge in [-0.15, -0.1) is 11.3 Å². The number of aryl methyl sites for hydroxylation is 1. The molecular formula is C24H20O6S. The highest BCUT2D eigenvalue weighted by Crippen LogP contribution is 2.33. The zero-order valence-electron chi connectivity index (χ0n) is 17.3. The van der Waals surface area contributed by atoms with Gasteiger partial charge in [0.2, 0.25) is 5.43 Å². The second-order valence-electron chi connectivity index (χ2n) is 6.82. The number of fused-ring (bicyclic) bond motifs is 1. The Balaban J connectivity index is 1.69. The molecule has 0 radical (unpaired) electrons. The van der Waals surface area contributed by atoms with Gasteiger partial charge in [-0.2, -0.15) is 0 Å². The van der Waals surface area contributed by atoms with Crippen molar-refractivity contribution in [1.29, 1.82) is 0 Å². The van der Waals surface area contributed by atoms with E-state index in [0.717, 1.165) is 4.88 Å². The van der Waals surface area contributed by atoms with Crippen molar-refractivity contribution in [3.05, 3.63) is 74.8 Å². The summed E-state index contributed by atoms with van der Waals surface area (Å²) in [5.41, 5.74) is 1.28. The van der Waals surface area contributed by atoms with Crippen LogP contribution in [0.25, 0.3) is 22.1 Å². The minimum Gasteiger partial charge on any atom is -0.493 e. The van der Waals surface area contributed by atoms with Crippen LogP contribution in [0.4, 0.5) is 0 Å². The summed E-state index contributed by atoms with van der Waals surface area (Å²) >= 11 is 1.50. The molecule has 0 aliphatic rings. The number of esters is 1. The Morgan fingerprint density at radius 1 is 1.03 bits per heavy atom. The van der Waals surface area contributed by atoms with E-state index in [1.165, 1.54) is 11.3 Å². The molecule has 0 saturated carbocycles. The fourth-order valence-corrected chi connectivity index (χ4v) is 4.09. The van der Waals surface area contributed by atoms with Crippen LogP contribution in [-0.2, 0) is 11.2 Å². The van der Waals surface area contributed by atoms with Crippen LogP contribution in [0.15, 0.2) is 63.1 Å². The van der Waals surface area contributed by atoms with Crippen LogP contribution >= 0.6 is 11.3 Å². The molecule has 0 aliphatic carbocycles. The van der Waals surface area contributed by atoms with Gasteiger partial charge in [0, 0.05) is 10.9 Å². The molecule has 2 aromatic heterocycles. The van der Waals surface area contributed by atoms with Crippen molar-refractivity contribution in [2.45, 2.75) is 13.3 Å². The fourth-order valence-electron chi connectivity index (χ4n) is 3.40. The number of rotatable bonds is 6. The third-order valence-corrected chi connectivity index (χ3v) is 5.72. The van der Waals surface area contributed by atoms with Gasteiger partial charge in [-0.1, -0.05) is 12.1 Å². The van der Waals surface area contributed by atoms with Gasteiger partial charge in [-0.3, -0.25) is 9.59 Å². The van der Waals surface area contributed by atoms with Crippen LogP contribution < -0.4 is 19.6 Å². The van der Waals surface area contributed by atoms with E-state index >= 15 is 0 Å². The minimum atomic E-state index is -0.372. The second-order valence-corrected chi connectivity index (χ2v) is 7.85. The van der Waals surface area contributed by atoms with E-state index in [1.54, 1.807) is 57.5 Å². The van der Waals surface area contributed by atoms with E-state index in [2.05, 4.69) is 0 Å². The Labute approximate surface area is 182 Å². The average Bonchev–Trinajstić information content (AvgIpc) is 3.26. The molecule has 0 spiro atoms. The first-order valence-electron chi connectivity index (χ1n) is 9.53. The average molecular weight is 436 g/mol. The standard InChI is InChI=1S/C24H20O6S/c1-14-23(15-6-9-19(27-2)21(11-15)28-3)24(26)18-8-7-16(12-20(18)29-14)30-22(25)13-17-5-4-10-31-17/h4-12H,13H2,1-3H3. The molecule has 0 N–H and O–H groups in total. The summed E-state index contributed by atoms with van der Waals surface area (Å²) in [5.74, 6) is 1.50. The Morgan fingerprint density at radius 3 is 2.55 bits per heavy atom. The van der Waals surface area contributed by atoms with E-state index < -0.39 is 0 Å². The Bertz CT molecular complexity index is 1300. The molecule has 0 saturated heterocycles. The smallest absolute Gasteiger partial charge is 0.316 e. The normalized spacial score (nSPS) is 10.8. The summed E-state index contributed by atoms with van der Waals surface area (Å²) in [7, 11) is 3.09. The van der Waals surface area contributed by atoms with Crippen LogP contribution in [0.5, 0.6) is 17.2 Å². The predicted octanol–water partition coefficient (Wildman–Crippen LogP) is 5.00. The summed E-state index contributed by atoms with van der Waals surface area (Å²) in [6.07, 6.45) is 0.191. The monoisotopic (exact) mass is 436 g/mol. The van der Waals surface area contributed by atoms with Gasteiger partial charge >= 0.3 is 5.97 Å². The number of hydrogen-bond donors (Lipinski definition) is 0. The van der Waals surface area contributed by atoms with E-state index in [-0.39, 0.29) is 17.8 Å². The molecule has 7 heteroatoms. The van der Waals surface area contributed by atoms with E-state index in [1.807, 2.05) is 17.5 Å². The van der Waals surface area contributed by atoms with Crippen LogP contribution in [0.3, 0.4) is 0 Å². The largest absolute Gasteiger partial charge is 0.493 e. The molecule has 0 fully saturated rings. The summed E-state index contributed by atoms with van der Waals surface area (Å²) in [4.78, 5) is 26.3. The number of carbonyl (C=O) groups excluding carboxylic acids is 1. The van der Waals surface area contributed by atoms with Gasteiger partial charge in [0.1, 0.15) is 17.1 Å². The summed E-state index contributed by atoms with van der Waals surface area (Å²) in [5, 5.41) is 2.31. The highest BCUT2D eigenvalue weighted by molar-refractivity contribution is 7.10. The van der Waals surface area contributed by atoms with Gasteiger partial charge in [-0.05, 0) is 48.2 Å². The van der Waals surface area contributed by atoms with Crippen LogP contribution in [0, 0.1) is 6.92 Å². The molecule has 4 aromatic rings. The lowest BCUT2D eigenvalue weighted by Gasteiger charge is -2.12.